The minimum Gasteiger partial charge on any atom is -1.00 e. The first kappa shape index (κ1) is 22.2. The Morgan fingerprint density at radius 3 is 2.52 bits per heavy atom. The smallest absolute Gasteiger partial charge is 0.123 e. The third-order valence-corrected chi connectivity index (χ3v) is 6.16. The topological polar surface area (TPSA) is 20.2 Å². The molecular formula is C24H34INO. The average Bonchev–Trinajstić information content (AvgIpc) is 2.63. The van der Waals surface area contributed by atoms with Gasteiger partial charge in [0.1, 0.15) is 5.75 Å². The molecule has 3 heteroatoms. The van der Waals surface area contributed by atoms with E-state index in [9.17, 15) is 5.11 Å². The van der Waals surface area contributed by atoms with Crippen LogP contribution in [0, 0.1) is 0 Å². The van der Waals surface area contributed by atoms with Crippen LogP contribution in [0.2, 0.25) is 0 Å². The lowest BCUT2D eigenvalue weighted by Crippen LogP contribution is -3.00. The summed E-state index contributed by atoms with van der Waals surface area (Å²) < 4.78 is 1.15. The number of rotatable bonds is 6. The molecule has 3 rings (SSSR count). The highest BCUT2D eigenvalue weighted by atomic mass is 127. The van der Waals surface area contributed by atoms with Crippen molar-refractivity contribution in [3.63, 3.8) is 0 Å². The fourth-order valence-electron chi connectivity index (χ4n) is 4.49. The molecule has 0 radical (unpaired) electrons. The van der Waals surface area contributed by atoms with E-state index in [0.717, 1.165) is 35.4 Å². The number of phenols is 1. The van der Waals surface area contributed by atoms with Gasteiger partial charge in [0.05, 0.1) is 26.7 Å². The Kier molecular flexibility index (Phi) is 8.17. The normalized spacial score (nSPS) is 18.7. The van der Waals surface area contributed by atoms with Crippen LogP contribution in [0.15, 0.2) is 42.5 Å². The summed E-state index contributed by atoms with van der Waals surface area (Å²) >= 11 is 0. The molecule has 0 spiro atoms. The van der Waals surface area contributed by atoms with Crippen molar-refractivity contribution in [1.82, 2.24) is 0 Å². The van der Waals surface area contributed by atoms with E-state index in [4.69, 9.17) is 0 Å². The molecule has 2 aromatic rings. The quantitative estimate of drug-likeness (QED) is 0.499. The van der Waals surface area contributed by atoms with Gasteiger partial charge in [0.2, 0.25) is 0 Å². The van der Waals surface area contributed by atoms with Crippen LogP contribution in [0.1, 0.15) is 50.2 Å². The SMILES string of the molecule is CCCc1ccc(O)c(-c2ccccc2CCC2CCCC[N+]2(C)C)c1.[I-]. The first-order chi connectivity index (χ1) is 12.5. The van der Waals surface area contributed by atoms with Crippen LogP contribution in [0.4, 0.5) is 0 Å². The lowest BCUT2D eigenvalue weighted by Gasteiger charge is -2.42. The number of hydrogen-bond acceptors (Lipinski definition) is 1. The summed E-state index contributed by atoms with van der Waals surface area (Å²) in [6, 6.07) is 15.5. The van der Waals surface area contributed by atoms with Gasteiger partial charge in [0, 0.05) is 12.0 Å². The van der Waals surface area contributed by atoms with E-state index in [2.05, 4.69) is 51.4 Å². The van der Waals surface area contributed by atoms with Crippen LogP contribution in [-0.2, 0) is 12.8 Å². The monoisotopic (exact) mass is 479 g/mol. The van der Waals surface area contributed by atoms with Gasteiger partial charge in [-0.3, -0.25) is 0 Å². The van der Waals surface area contributed by atoms with Gasteiger partial charge in [-0.05, 0) is 60.9 Å². The summed E-state index contributed by atoms with van der Waals surface area (Å²) in [5.74, 6) is 0.395. The number of piperidine rings is 1. The molecule has 2 aromatic carbocycles. The van der Waals surface area contributed by atoms with E-state index in [0.29, 0.717) is 5.75 Å². The zero-order valence-corrected chi connectivity index (χ0v) is 19.2. The van der Waals surface area contributed by atoms with Crippen molar-refractivity contribution in [1.29, 1.82) is 0 Å². The first-order valence-electron chi connectivity index (χ1n) is 10.2. The molecule has 0 amide bonds. The molecule has 27 heavy (non-hydrogen) atoms. The van der Waals surface area contributed by atoms with Crippen molar-refractivity contribution in [2.75, 3.05) is 20.6 Å². The highest BCUT2D eigenvalue weighted by molar-refractivity contribution is 5.73. The third-order valence-electron chi connectivity index (χ3n) is 6.16. The summed E-state index contributed by atoms with van der Waals surface area (Å²) in [6.07, 6.45) is 8.56. The highest BCUT2D eigenvalue weighted by Crippen LogP contribution is 2.34. The third kappa shape index (κ3) is 5.47. The molecule has 0 saturated carbocycles. The van der Waals surface area contributed by atoms with Gasteiger partial charge in [-0.1, -0.05) is 43.7 Å². The van der Waals surface area contributed by atoms with Crippen LogP contribution in [0.3, 0.4) is 0 Å². The Bertz CT molecular complexity index is 741. The summed E-state index contributed by atoms with van der Waals surface area (Å²) in [5.41, 5.74) is 4.86. The van der Waals surface area contributed by atoms with Crippen LogP contribution in [0.5, 0.6) is 5.75 Å². The average molecular weight is 479 g/mol. The van der Waals surface area contributed by atoms with Crippen LogP contribution in [0.25, 0.3) is 11.1 Å². The molecule has 1 fully saturated rings. The van der Waals surface area contributed by atoms with Crippen molar-refractivity contribution in [3.8, 4) is 16.9 Å². The van der Waals surface area contributed by atoms with Crippen molar-refractivity contribution in [3.05, 3.63) is 53.6 Å². The zero-order chi connectivity index (χ0) is 18.6. The zero-order valence-electron chi connectivity index (χ0n) is 17.0. The molecular weight excluding hydrogens is 445 g/mol. The van der Waals surface area contributed by atoms with Gasteiger partial charge < -0.3 is 33.6 Å². The predicted molar refractivity (Wildman–Crippen MR) is 110 cm³/mol. The molecule has 1 unspecified atom stereocenters. The van der Waals surface area contributed by atoms with E-state index >= 15 is 0 Å². The number of aryl methyl sites for hydroxylation is 2. The lowest BCUT2D eigenvalue weighted by atomic mass is 9.90. The molecule has 1 aliphatic rings. The van der Waals surface area contributed by atoms with E-state index in [1.807, 2.05) is 12.1 Å². The number of benzene rings is 2. The fourth-order valence-corrected chi connectivity index (χ4v) is 4.49. The molecule has 1 saturated heterocycles. The Morgan fingerprint density at radius 1 is 1.00 bits per heavy atom. The van der Waals surface area contributed by atoms with Crippen LogP contribution >= 0.6 is 0 Å². The maximum atomic E-state index is 10.5. The van der Waals surface area contributed by atoms with Crippen molar-refractivity contribution < 1.29 is 33.6 Å². The van der Waals surface area contributed by atoms with Crippen molar-refractivity contribution in [2.45, 2.75) is 57.9 Å². The minimum atomic E-state index is 0. The van der Waals surface area contributed by atoms with E-state index < -0.39 is 0 Å². The first-order valence-corrected chi connectivity index (χ1v) is 10.2. The van der Waals surface area contributed by atoms with E-state index in [1.54, 1.807) is 0 Å². The van der Waals surface area contributed by atoms with Gasteiger partial charge in [0.25, 0.3) is 0 Å². The fraction of sp³-hybridized carbons (Fsp3) is 0.500. The molecule has 1 atom stereocenters. The highest BCUT2D eigenvalue weighted by Gasteiger charge is 2.31. The number of nitrogens with zero attached hydrogens (tertiary/aromatic N) is 1. The summed E-state index contributed by atoms with van der Waals surface area (Å²) in [6.45, 7) is 3.50. The molecule has 1 aliphatic heterocycles. The Hall–Kier alpha value is -1.07. The predicted octanol–water partition coefficient (Wildman–Crippen LogP) is 2.58. The lowest BCUT2D eigenvalue weighted by molar-refractivity contribution is -0.920. The van der Waals surface area contributed by atoms with Gasteiger partial charge in [-0.25, -0.2) is 0 Å². The molecule has 1 N–H and O–H groups in total. The standard InChI is InChI=1S/C24H33NO.HI/c1-4-9-19-13-16-24(26)23(18-19)22-12-6-5-10-20(22)14-15-21-11-7-8-17-25(21,2)3;/h5-6,10,12-13,16,18,21H,4,7-9,11,14-15,17H2,1-3H3;1H. The Morgan fingerprint density at radius 2 is 1.78 bits per heavy atom. The van der Waals surface area contributed by atoms with Gasteiger partial charge in [-0.15, -0.1) is 0 Å². The number of likely N-dealkylation sites (tertiary alicyclic amines) is 1. The second-order valence-corrected chi connectivity index (χ2v) is 8.45. The van der Waals surface area contributed by atoms with Gasteiger partial charge in [-0.2, -0.15) is 0 Å². The summed E-state index contributed by atoms with van der Waals surface area (Å²) in [4.78, 5) is 0. The Labute approximate surface area is 182 Å². The number of hydrogen-bond donors (Lipinski definition) is 1. The molecule has 1 heterocycles. The number of aromatic hydroxyl groups is 1. The number of halogens is 1. The van der Waals surface area contributed by atoms with E-state index in [-0.39, 0.29) is 24.0 Å². The Balaban J connectivity index is 0.00000261. The molecule has 0 bridgehead atoms. The van der Waals surface area contributed by atoms with Crippen molar-refractivity contribution >= 4 is 0 Å². The van der Waals surface area contributed by atoms with Crippen molar-refractivity contribution in [2.24, 2.45) is 0 Å². The molecule has 0 aromatic heterocycles. The van der Waals surface area contributed by atoms with Crippen LogP contribution < -0.4 is 24.0 Å². The molecule has 148 valence electrons. The number of phenolic OH excluding ortho intramolecular Hbond substituents is 1. The second kappa shape index (κ2) is 9.92. The van der Waals surface area contributed by atoms with Gasteiger partial charge >= 0.3 is 0 Å². The minimum absolute atomic E-state index is 0. The maximum absolute atomic E-state index is 10.5. The van der Waals surface area contributed by atoms with Gasteiger partial charge in [0.15, 0.2) is 0 Å². The number of quaternary nitrogens is 1. The maximum Gasteiger partial charge on any atom is 0.123 e. The molecule has 2 nitrogen and oxygen atoms in total. The second-order valence-electron chi connectivity index (χ2n) is 8.45. The van der Waals surface area contributed by atoms with Crippen LogP contribution in [-0.4, -0.2) is 36.3 Å². The largest absolute Gasteiger partial charge is 1.00 e. The summed E-state index contributed by atoms with van der Waals surface area (Å²) in [7, 11) is 4.77. The summed E-state index contributed by atoms with van der Waals surface area (Å²) in [5, 5.41) is 10.5. The molecule has 0 aliphatic carbocycles. The van der Waals surface area contributed by atoms with E-state index in [1.165, 1.54) is 48.9 Å².